The van der Waals surface area contributed by atoms with Crippen molar-refractivity contribution in [2.24, 2.45) is 0 Å². The highest BCUT2D eigenvalue weighted by atomic mass is 16.5. The largest absolute Gasteiger partial charge is 0.378 e. The summed E-state index contributed by atoms with van der Waals surface area (Å²) in [5.74, 6) is 2.11. The van der Waals surface area contributed by atoms with Gasteiger partial charge in [0.2, 0.25) is 11.8 Å². The second kappa shape index (κ2) is 7.43. The van der Waals surface area contributed by atoms with E-state index in [1.165, 1.54) is 0 Å². The molecular formula is C17H27N3O3. The van der Waals surface area contributed by atoms with Gasteiger partial charge in [-0.25, -0.2) is 0 Å². The first-order valence-corrected chi connectivity index (χ1v) is 8.86. The van der Waals surface area contributed by atoms with Gasteiger partial charge in [-0.15, -0.1) is 0 Å². The average Bonchev–Trinajstić information content (AvgIpc) is 3.24. The molecule has 1 amide bonds. The molecule has 0 aromatic carbocycles. The molecule has 23 heavy (non-hydrogen) atoms. The fourth-order valence-electron chi connectivity index (χ4n) is 3.38. The summed E-state index contributed by atoms with van der Waals surface area (Å²) < 4.78 is 10.9. The van der Waals surface area contributed by atoms with Gasteiger partial charge in [-0.1, -0.05) is 19.0 Å². The smallest absolute Gasteiger partial charge is 0.229 e. The number of carbonyl (C=O) groups excluding carboxylic acids is 1. The molecule has 2 fully saturated rings. The Bertz CT molecular complexity index is 523. The minimum atomic E-state index is 0.201. The highest BCUT2D eigenvalue weighted by molar-refractivity contribution is 5.76. The molecule has 0 bridgehead atoms. The van der Waals surface area contributed by atoms with Crippen molar-refractivity contribution in [3.63, 3.8) is 0 Å². The number of hydrogen-bond donors (Lipinski definition) is 0. The predicted octanol–water partition coefficient (Wildman–Crippen LogP) is 2.86. The third-order valence-electron chi connectivity index (χ3n) is 4.79. The van der Waals surface area contributed by atoms with E-state index >= 15 is 0 Å². The maximum absolute atomic E-state index is 12.5. The molecule has 2 aliphatic heterocycles. The molecule has 2 saturated heterocycles. The molecule has 128 valence electrons. The SMILES string of the molecule is CC(C)c1nc([C@@H]2CCCN(C(=O)CC[C@H]3CCCO3)C2)no1. The fourth-order valence-corrected chi connectivity index (χ4v) is 3.38. The minimum absolute atomic E-state index is 0.201. The van der Waals surface area contributed by atoms with Gasteiger partial charge in [-0.05, 0) is 32.1 Å². The van der Waals surface area contributed by atoms with E-state index < -0.39 is 0 Å². The van der Waals surface area contributed by atoms with Crippen LogP contribution in [0.2, 0.25) is 0 Å². The molecule has 1 aromatic heterocycles. The van der Waals surface area contributed by atoms with Gasteiger partial charge in [0.1, 0.15) is 0 Å². The summed E-state index contributed by atoms with van der Waals surface area (Å²) in [6.45, 7) is 6.48. The zero-order chi connectivity index (χ0) is 16.2. The van der Waals surface area contributed by atoms with Crippen LogP contribution in [0.1, 0.15) is 75.9 Å². The number of ether oxygens (including phenoxy) is 1. The van der Waals surface area contributed by atoms with Gasteiger partial charge in [0.15, 0.2) is 5.82 Å². The minimum Gasteiger partial charge on any atom is -0.378 e. The summed E-state index contributed by atoms with van der Waals surface area (Å²) in [7, 11) is 0. The summed E-state index contributed by atoms with van der Waals surface area (Å²) in [6, 6.07) is 0. The van der Waals surface area contributed by atoms with Crippen LogP contribution in [0.5, 0.6) is 0 Å². The lowest BCUT2D eigenvalue weighted by Crippen LogP contribution is -2.39. The first kappa shape index (κ1) is 16.4. The molecular weight excluding hydrogens is 294 g/mol. The molecule has 0 unspecified atom stereocenters. The molecule has 0 N–H and O–H groups in total. The third-order valence-corrected chi connectivity index (χ3v) is 4.79. The van der Waals surface area contributed by atoms with Gasteiger partial charge in [-0.3, -0.25) is 4.79 Å². The van der Waals surface area contributed by atoms with Gasteiger partial charge >= 0.3 is 0 Å². The van der Waals surface area contributed by atoms with E-state index in [4.69, 9.17) is 9.26 Å². The van der Waals surface area contributed by atoms with Crippen LogP contribution in [0.3, 0.4) is 0 Å². The summed E-state index contributed by atoms with van der Waals surface area (Å²) in [6.07, 6.45) is 5.96. The number of rotatable bonds is 5. The summed E-state index contributed by atoms with van der Waals surface area (Å²) >= 11 is 0. The molecule has 1 aromatic rings. The van der Waals surface area contributed by atoms with Crippen molar-refractivity contribution >= 4 is 5.91 Å². The molecule has 0 saturated carbocycles. The van der Waals surface area contributed by atoms with Crippen LogP contribution in [0.4, 0.5) is 0 Å². The Balaban J connectivity index is 1.53. The molecule has 3 rings (SSSR count). The second-order valence-corrected chi connectivity index (χ2v) is 7.00. The highest BCUT2D eigenvalue weighted by Crippen LogP contribution is 2.27. The van der Waals surface area contributed by atoms with Crippen LogP contribution < -0.4 is 0 Å². The quantitative estimate of drug-likeness (QED) is 0.834. The van der Waals surface area contributed by atoms with E-state index in [9.17, 15) is 4.79 Å². The molecule has 0 spiro atoms. The number of nitrogens with zero attached hydrogens (tertiary/aromatic N) is 3. The van der Waals surface area contributed by atoms with E-state index in [0.29, 0.717) is 18.9 Å². The Morgan fingerprint density at radius 2 is 2.22 bits per heavy atom. The Kier molecular flexibility index (Phi) is 5.30. The maximum Gasteiger partial charge on any atom is 0.229 e. The van der Waals surface area contributed by atoms with E-state index in [-0.39, 0.29) is 23.8 Å². The Morgan fingerprint density at radius 1 is 1.35 bits per heavy atom. The van der Waals surface area contributed by atoms with Crippen LogP contribution in [0, 0.1) is 0 Å². The van der Waals surface area contributed by atoms with E-state index in [1.807, 2.05) is 18.7 Å². The van der Waals surface area contributed by atoms with Crippen molar-refractivity contribution in [1.82, 2.24) is 15.0 Å². The number of piperidine rings is 1. The van der Waals surface area contributed by atoms with Crippen LogP contribution >= 0.6 is 0 Å². The molecule has 3 heterocycles. The Labute approximate surface area is 137 Å². The normalized spacial score (nSPS) is 25.3. The molecule has 0 radical (unpaired) electrons. The van der Waals surface area contributed by atoms with Gasteiger partial charge in [0, 0.05) is 38.0 Å². The average molecular weight is 321 g/mol. The van der Waals surface area contributed by atoms with Crippen molar-refractivity contribution in [2.45, 2.75) is 70.3 Å². The maximum atomic E-state index is 12.5. The highest BCUT2D eigenvalue weighted by Gasteiger charge is 2.28. The molecule has 0 aliphatic carbocycles. The number of aromatic nitrogens is 2. The Hall–Kier alpha value is -1.43. The second-order valence-electron chi connectivity index (χ2n) is 7.00. The van der Waals surface area contributed by atoms with Gasteiger partial charge in [0.05, 0.1) is 6.10 Å². The van der Waals surface area contributed by atoms with Crippen LogP contribution in [-0.4, -0.2) is 46.7 Å². The Morgan fingerprint density at radius 3 is 2.91 bits per heavy atom. The topological polar surface area (TPSA) is 68.5 Å². The van der Waals surface area contributed by atoms with E-state index in [1.54, 1.807) is 0 Å². The zero-order valence-electron chi connectivity index (χ0n) is 14.2. The number of likely N-dealkylation sites (tertiary alicyclic amines) is 1. The summed E-state index contributed by atoms with van der Waals surface area (Å²) in [5, 5.41) is 4.12. The lowest BCUT2D eigenvalue weighted by Gasteiger charge is -2.31. The fraction of sp³-hybridized carbons (Fsp3) is 0.824. The molecule has 2 aliphatic rings. The van der Waals surface area contributed by atoms with Gasteiger partial charge in [-0.2, -0.15) is 4.98 Å². The van der Waals surface area contributed by atoms with Crippen molar-refractivity contribution in [3.8, 4) is 0 Å². The lowest BCUT2D eigenvalue weighted by molar-refractivity contribution is -0.133. The van der Waals surface area contributed by atoms with Crippen molar-refractivity contribution in [1.29, 1.82) is 0 Å². The molecule has 6 nitrogen and oxygen atoms in total. The number of hydrogen-bond acceptors (Lipinski definition) is 5. The van der Waals surface area contributed by atoms with Gasteiger partial charge in [0.25, 0.3) is 0 Å². The number of amides is 1. The van der Waals surface area contributed by atoms with Crippen molar-refractivity contribution < 1.29 is 14.1 Å². The third kappa shape index (κ3) is 4.10. The van der Waals surface area contributed by atoms with E-state index in [2.05, 4.69) is 10.1 Å². The van der Waals surface area contributed by atoms with Gasteiger partial charge < -0.3 is 14.2 Å². The van der Waals surface area contributed by atoms with Crippen molar-refractivity contribution in [3.05, 3.63) is 11.7 Å². The molecule has 2 atom stereocenters. The molecule has 6 heteroatoms. The number of carbonyl (C=O) groups is 1. The van der Waals surface area contributed by atoms with Crippen LogP contribution in [0.15, 0.2) is 4.52 Å². The first-order chi connectivity index (χ1) is 11.1. The summed E-state index contributed by atoms with van der Waals surface area (Å²) in [5.41, 5.74) is 0. The first-order valence-electron chi connectivity index (χ1n) is 8.86. The van der Waals surface area contributed by atoms with Crippen LogP contribution in [0.25, 0.3) is 0 Å². The monoisotopic (exact) mass is 321 g/mol. The van der Waals surface area contributed by atoms with Crippen molar-refractivity contribution in [2.75, 3.05) is 19.7 Å². The predicted molar refractivity (Wildman–Crippen MR) is 85.2 cm³/mol. The lowest BCUT2D eigenvalue weighted by atomic mass is 9.96. The van der Waals surface area contributed by atoms with E-state index in [0.717, 1.165) is 51.1 Å². The summed E-state index contributed by atoms with van der Waals surface area (Å²) in [4.78, 5) is 18.9. The van der Waals surface area contributed by atoms with Crippen LogP contribution in [-0.2, 0) is 9.53 Å². The standard InChI is InChI=1S/C17H27N3O3/c1-12(2)17-18-16(19-23-17)13-5-3-9-20(11-13)15(21)8-7-14-6-4-10-22-14/h12-14H,3-11H2,1-2H3/t13-,14-/m1/s1. The zero-order valence-corrected chi connectivity index (χ0v) is 14.2.